The Morgan fingerprint density at radius 3 is 2.21 bits per heavy atom. The van der Waals surface area contributed by atoms with Crippen LogP contribution in [-0.4, -0.2) is 24.0 Å². The zero-order valence-electron chi connectivity index (χ0n) is 10.8. The second-order valence-electron chi connectivity index (χ2n) is 6.33. The predicted octanol–water partition coefficient (Wildman–Crippen LogP) is 3.54. The molecule has 0 aromatic rings. The van der Waals surface area contributed by atoms with Gasteiger partial charge in [-0.2, -0.15) is 0 Å². The lowest BCUT2D eigenvalue weighted by Gasteiger charge is -2.44. The summed E-state index contributed by atoms with van der Waals surface area (Å²) in [6.07, 6.45) is 4.15. The highest BCUT2D eigenvalue weighted by molar-refractivity contribution is 4.87. The molecule has 0 aliphatic heterocycles. The van der Waals surface area contributed by atoms with Gasteiger partial charge in [0.2, 0.25) is 0 Å². The lowest BCUT2D eigenvalue weighted by Crippen LogP contribution is -2.44. The molecule has 1 fully saturated rings. The molecular formula is C13H27N. The van der Waals surface area contributed by atoms with E-state index in [1.807, 2.05) is 0 Å². The molecule has 0 radical (unpaired) electrons. The highest BCUT2D eigenvalue weighted by Gasteiger charge is 2.34. The average Bonchev–Trinajstić information content (AvgIpc) is 1.98. The van der Waals surface area contributed by atoms with Crippen molar-refractivity contribution in [2.45, 2.75) is 66.0 Å². The summed E-state index contributed by atoms with van der Waals surface area (Å²) >= 11 is 0. The molecule has 2 atom stereocenters. The molecule has 1 nitrogen and oxygen atoms in total. The molecule has 0 aromatic carbocycles. The van der Waals surface area contributed by atoms with Crippen LogP contribution in [0.15, 0.2) is 0 Å². The van der Waals surface area contributed by atoms with Crippen LogP contribution in [0.4, 0.5) is 0 Å². The summed E-state index contributed by atoms with van der Waals surface area (Å²) in [5.41, 5.74) is 0.547. The molecule has 1 aliphatic rings. The topological polar surface area (TPSA) is 3.24 Å². The lowest BCUT2D eigenvalue weighted by molar-refractivity contribution is 0.0662. The second-order valence-corrected chi connectivity index (χ2v) is 6.33. The van der Waals surface area contributed by atoms with Crippen LogP contribution in [0.2, 0.25) is 0 Å². The molecule has 1 aliphatic carbocycles. The zero-order valence-corrected chi connectivity index (χ0v) is 10.8. The smallest absolute Gasteiger partial charge is 0.0102 e. The minimum atomic E-state index is 0.547. The van der Waals surface area contributed by atoms with E-state index in [0.29, 0.717) is 11.5 Å². The van der Waals surface area contributed by atoms with Crippen LogP contribution in [-0.2, 0) is 0 Å². The Hall–Kier alpha value is -0.0400. The van der Waals surface area contributed by atoms with Crippen molar-refractivity contribution >= 4 is 0 Å². The maximum Gasteiger partial charge on any atom is 0.0102 e. The van der Waals surface area contributed by atoms with Crippen molar-refractivity contribution in [2.75, 3.05) is 7.05 Å². The van der Waals surface area contributed by atoms with Crippen molar-refractivity contribution in [2.24, 2.45) is 11.3 Å². The Kier molecular flexibility index (Phi) is 3.63. The molecule has 0 spiro atoms. The van der Waals surface area contributed by atoms with Gasteiger partial charge in [-0.25, -0.2) is 0 Å². The second kappa shape index (κ2) is 4.22. The van der Waals surface area contributed by atoms with E-state index in [1.54, 1.807) is 0 Å². The average molecular weight is 197 g/mol. The molecule has 0 unspecified atom stereocenters. The van der Waals surface area contributed by atoms with E-state index in [1.165, 1.54) is 19.3 Å². The highest BCUT2D eigenvalue weighted by Crippen LogP contribution is 2.40. The lowest BCUT2D eigenvalue weighted by atomic mass is 9.70. The Bertz CT molecular complexity index is 184. The van der Waals surface area contributed by atoms with Gasteiger partial charge in [-0.05, 0) is 51.5 Å². The number of hydrogen-bond donors (Lipinski definition) is 0. The van der Waals surface area contributed by atoms with Crippen LogP contribution in [0, 0.1) is 11.3 Å². The molecule has 0 amide bonds. The normalized spacial score (nSPS) is 32.6. The fourth-order valence-corrected chi connectivity index (χ4v) is 3.03. The summed E-state index contributed by atoms with van der Waals surface area (Å²) in [5.74, 6) is 0.893. The van der Waals surface area contributed by atoms with Crippen LogP contribution in [0.3, 0.4) is 0 Å². The maximum absolute atomic E-state index is 2.55. The van der Waals surface area contributed by atoms with Crippen LogP contribution in [0.1, 0.15) is 53.9 Å². The van der Waals surface area contributed by atoms with Gasteiger partial charge in [0, 0.05) is 12.1 Å². The van der Waals surface area contributed by atoms with Crippen molar-refractivity contribution < 1.29 is 0 Å². The van der Waals surface area contributed by atoms with Gasteiger partial charge < -0.3 is 4.90 Å². The number of hydrogen-bond acceptors (Lipinski definition) is 1. The standard InChI is InChI=1S/C13H27N/c1-10(2)14(6)12-7-11(3)8-13(4,5)9-12/h10-12H,7-9H2,1-6H3/t11-,12+/m1/s1. The molecule has 0 saturated heterocycles. The Morgan fingerprint density at radius 1 is 1.21 bits per heavy atom. The third kappa shape index (κ3) is 2.98. The third-order valence-electron chi connectivity index (χ3n) is 3.75. The molecule has 1 saturated carbocycles. The first-order chi connectivity index (χ1) is 6.32. The summed E-state index contributed by atoms with van der Waals surface area (Å²) in [7, 11) is 2.28. The largest absolute Gasteiger partial charge is 0.301 e. The van der Waals surface area contributed by atoms with Crippen molar-refractivity contribution in [1.29, 1.82) is 0 Å². The summed E-state index contributed by atoms with van der Waals surface area (Å²) in [6, 6.07) is 1.48. The number of nitrogens with zero attached hydrogens (tertiary/aromatic N) is 1. The summed E-state index contributed by atoms with van der Waals surface area (Å²) in [6.45, 7) is 11.8. The van der Waals surface area contributed by atoms with E-state index >= 15 is 0 Å². The van der Waals surface area contributed by atoms with Gasteiger partial charge in [0.15, 0.2) is 0 Å². The van der Waals surface area contributed by atoms with Crippen molar-refractivity contribution in [3.8, 4) is 0 Å². The van der Waals surface area contributed by atoms with Gasteiger partial charge in [-0.1, -0.05) is 20.8 Å². The molecule has 0 heterocycles. The minimum Gasteiger partial charge on any atom is -0.301 e. The van der Waals surface area contributed by atoms with Crippen LogP contribution >= 0.6 is 0 Å². The molecule has 84 valence electrons. The van der Waals surface area contributed by atoms with E-state index < -0.39 is 0 Å². The first-order valence-corrected chi connectivity index (χ1v) is 6.04. The summed E-state index contributed by atoms with van der Waals surface area (Å²) in [4.78, 5) is 2.55. The van der Waals surface area contributed by atoms with Crippen molar-refractivity contribution in [3.05, 3.63) is 0 Å². The van der Waals surface area contributed by atoms with Gasteiger partial charge in [0.1, 0.15) is 0 Å². The zero-order chi connectivity index (χ0) is 10.9. The summed E-state index contributed by atoms with van der Waals surface area (Å²) in [5, 5.41) is 0. The molecule has 14 heavy (non-hydrogen) atoms. The van der Waals surface area contributed by atoms with Crippen LogP contribution in [0.25, 0.3) is 0 Å². The first kappa shape index (κ1) is 12.0. The molecule has 0 bridgehead atoms. The Labute approximate surface area is 89.9 Å². The quantitative estimate of drug-likeness (QED) is 0.654. The SMILES string of the molecule is CC(C)N(C)[C@H]1C[C@@H](C)CC(C)(C)C1. The van der Waals surface area contributed by atoms with E-state index in [9.17, 15) is 0 Å². The van der Waals surface area contributed by atoms with E-state index in [-0.39, 0.29) is 0 Å². The van der Waals surface area contributed by atoms with Gasteiger partial charge in [-0.3, -0.25) is 0 Å². The van der Waals surface area contributed by atoms with Gasteiger partial charge in [0.25, 0.3) is 0 Å². The van der Waals surface area contributed by atoms with Gasteiger partial charge in [-0.15, -0.1) is 0 Å². The van der Waals surface area contributed by atoms with E-state index in [2.05, 4.69) is 46.6 Å². The Morgan fingerprint density at radius 2 is 1.79 bits per heavy atom. The molecular weight excluding hydrogens is 170 g/mol. The fourth-order valence-electron chi connectivity index (χ4n) is 3.03. The number of rotatable bonds is 2. The molecule has 1 heteroatoms. The Balaban J connectivity index is 2.62. The van der Waals surface area contributed by atoms with Crippen molar-refractivity contribution in [3.63, 3.8) is 0 Å². The van der Waals surface area contributed by atoms with Crippen molar-refractivity contribution in [1.82, 2.24) is 4.90 Å². The van der Waals surface area contributed by atoms with Gasteiger partial charge >= 0.3 is 0 Å². The van der Waals surface area contributed by atoms with Crippen LogP contribution in [0.5, 0.6) is 0 Å². The molecule has 1 rings (SSSR count). The molecule has 0 aromatic heterocycles. The van der Waals surface area contributed by atoms with E-state index in [4.69, 9.17) is 0 Å². The van der Waals surface area contributed by atoms with E-state index in [0.717, 1.165) is 12.0 Å². The summed E-state index contributed by atoms with van der Waals surface area (Å²) < 4.78 is 0. The third-order valence-corrected chi connectivity index (χ3v) is 3.75. The highest BCUT2D eigenvalue weighted by atomic mass is 15.1. The maximum atomic E-state index is 2.55. The molecule has 0 N–H and O–H groups in total. The fraction of sp³-hybridized carbons (Fsp3) is 1.00. The minimum absolute atomic E-state index is 0.547. The van der Waals surface area contributed by atoms with Gasteiger partial charge in [0.05, 0.1) is 0 Å². The predicted molar refractivity (Wildman–Crippen MR) is 63.5 cm³/mol. The monoisotopic (exact) mass is 197 g/mol. The first-order valence-electron chi connectivity index (χ1n) is 6.04. The van der Waals surface area contributed by atoms with Crippen LogP contribution < -0.4 is 0 Å².